The first-order valence-electron chi connectivity index (χ1n) is 12.3. The third-order valence-corrected chi connectivity index (χ3v) is 7.46. The van der Waals surface area contributed by atoms with E-state index in [0.29, 0.717) is 62.6 Å². The van der Waals surface area contributed by atoms with Crippen molar-refractivity contribution in [3.05, 3.63) is 52.4 Å². The number of carbonyl (C=O) groups is 1. The topological polar surface area (TPSA) is 100 Å². The molecule has 0 N–H and O–H groups in total. The van der Waals surface area contributed by atoms with Crippen LogP contribution in [0.1, 0.15) is 24.4 Å². The van der Waals surface area contributed by atoms with Crippen LogP contribution in [0, 0.1) is 0 Å². The first-order valence-corrected chi connectivity index (χ1v) is 13.1. The number of carbonyl (C=O) groups excluding carboxylic acids is 1. The molecule has 2 atom stereocenters. The largest absolute Gasteiger partial charge is 0.464 e. The molecule has 1 unspecified atom stereocenters. The van der Waals surface area contributed by atoms with E-state index in [9.17, 15) is 9.18 Å². The third-order valence-electron chi connectivity index (χ3n) is 6.77. The molecule has 1 aromatic carbocycles. The van der Waals surface area contributed by atoms with Crippen molar-refractivity contribution in [3.63, 3.8) is 0 Å². The van der Waals surface area contributed by atoms with E-state index in [1.165, 1.54) is 4.68 Å². The van der Waals surface area contributed by atoms with E-state index >= 15 is 0 Å². The van der Waals surface area contributed by atoms with Crippen LogP contribution in [0.3, 0.4) is 0 Å². The number of ether oxygens (including phenoxy) is 2. The molecule has 6 rings (SSSR count). The van der Waals surface area contributed by atoms with E-state index in [4.69, 9.17) is 32.7 Å². The summed E-state index contributed by atoms with van der Waals surface area (Å²) in [5, 5.41) is 5.94. The Hall–Kier alpha value is -3.28. The number of alkyl halides is 1. The van der Waals surface area contributed by atoms with E-state index in [1.807, 2.05) is 0 Å². The van der Waals surface area contributed by atoms with E-state index < -0.39 is 18.2 Å². The van der Waals surface area contributed by atoms with Crippen molar-refractivity contribution < 1.29 is 18.7 Å². The van der Waals surface area contributed by atoms with Crippen molar-refractivity contribution in [2.75, 3.05) is 37.8 Å². The highest BCUT2D eigenvalue weighted by molar-refractivity contribution is 6.42. The van der Waals surface area contributed by atoms with Gasteiger partial charge in [0.25, 0.3) is 0 Å². The maximum Gasteiger partial charge on any atom is 0.337 e. The second-order valence-corrected chi connectivity index (χ2v) is 9.93. The molecule has 5 heterocycles. The van der Waals surface area contributed by atoms with Gasteiger partial charge in [0.05, 0.1) is 48.4 Å². The smallest absolute Gasteiger partial charge is 0.337 e. The molecule has 38 heavy (non-hydrogen) atoms. The van der Waals surface area contributed by atoms with Gasteiger partial charge in [-0.2, -0.15) is 5.10 Å². The molecular weight excluding hydrogens is 536 g/mol. The fourth-order valence-corrected chi connectivity index (χ4v) is 5.49. The second kappa shape index (κ2) is 10.1. The van der Waals surface area contributed by atoms with Crippen molar-refractivity contribution in [1.82, 2.24) is 29.3 Å². The number of halogens is 3. The molecule has 0 amide bonds. The molecule has 10 nitrogen and oxygen atoms in total. The van der Waals surface area contributed by atoms with Gasteiger partial charge in [0.1, 0.15) is 11.7 Å². The van der Waals surface area contributed by atoms with Gasteiger partial charge in [-0.25, -0.2) is 24.1 Å². The van der Waals surface area contributed by atoms with Crippen molar-refractivity contribution in [2.45, 2.75) is 32.1 Å². The van der Waals surface area contributed by atoms with Crippen LogP contribution in [-0.4, -0.2) is 74.4 Å². The number of morpholine rings is 1. The average Bonchev–Trinajstić information content (AvgIpc) is 3.63. The highest BCUT2D eigenvalue weighted by Crippen LogP contribution is 2.39. The lowest BCUT2D eigenvalue weighted by molar-refractivity contribution is -0.146. The summed E-state index contributed by atoms with van der Waals surface area (Å²) in [6, 6.07) is 0.711. The van der Waals surface area contributed by atoms with Gasteiger partial charge in [-0.05, 0) is 13.0 Å². The summed E-state index contributed by atoms with van der Waals surface area (Å²) in [5.74, 6) is 0.0636. The lowest BCUT2D eigenvalue weighted by Crippen LogP contribution is -2.37. The Morgan fingerprint density at radius 3 is 2.74 bits per heavy atom. The fourth-order valence-electron chi connectivity index (χ4n) is 4.94. The Kier molecular flexibility index (Phi) is 6.67. The van der Waals surface area contributed by atoms with Gasteiger partial charge in [-0.1, -0.05) is 23.2 Å². The zero-order valence-corrected chi connectivity index (χ0v) is 22.0. The molecule has 0 spiro atoms. The number of nitrogens with zero attached hydrogens (tertiary/aromatic N) is 7. The summed E-state index contributed by atoms with van der Waals surface area (Å²) in [6.45, 7) is 4.81. The maximum absolute atomic E-state index is 14.1. The Labute approximate surface area is 227 Å². The predicted molar refractivity (Wildman–Crippen MR) is 139 cm³/mol. The number of aromatic nitrogens is 6. The minimum absolute atomic E-state index is 0.165. The van der Waals surface area contributed by atoms with Crippen LogP contribution in [0.15, 0.2) is 31.0 Å². The third kappa shape index (κ3) is 4.38. The molecule has 0 radical (unpaired) electrons. The summed E-state index contributed by atoms with van der Waals surface area (Å²) in [5.41, 5.74) is 2.73. The molecule has 13 heteroatoms. The van der Waals surface area contributed by atoms with Crippen LogP contribution in [-0.2, 0) is 27.2 Å². The van der Waals surface area contributed by atoms with E-state index in [-0.39, 0.29) is 19.6 Å². The number of esters is 1. The number of imidazole rings is 1. The number of hydrogen-bond acceptors (Lipinski definition) is 8. The first-order chi connectivity index (χ1) is 18.4. The lowest BCUT2D eigenvalue weighted by atomic mass is 10.1. The van der Waals surface area contributed by atoms with E-state index in [0.717, 1.165) is 13.1 Å². The van der Waals surface area contributed by atoms with E-state index in [2.05, 4.69) is 25.0 Å². The second-order valence-electron chi connectivity index (χ2n) is 9.15. The molecule has 0 saturated carbocycles. The van der Waals surface area contributed by atoms with Crippen LogP contribution in [0.25, 0.3) is 22.0 Å². The Morgan fingerprint density at radius 2 is 2.00 bits per heavy atom. The number of fused-ring (bicyclic) bond motifs is 2. The molecule has 1 saturated heterocycles. The summed E-state index contributed by atoms with van der Waals surface area (Å²) < 4.78 is 28.0. The highest BCUT2D eigenvalue weighted by Gasteiger charge is 2.35. The van der Waals surface area contributed by atoms with Gasteiger partial charge < -0.3 is 18.9 Å². The molecule has 0 bridgehead atoms. The number of anilines is 1. The predicted octanol–water partition coefficient (Wildman–Crippen LogP) is 3.88. The Bertz CT molecular complexity index is 1500. The van der Waals surface area contributed by atoms with Crippen molar-refractivity contribution in [1.29, 1.82) is 0 Å². The van der Waals surface area contributed by atoms with Gasteiger partial charge in [0.15, 0.2) is 6.04 Å². The van der Waals surface area contributed by atoms with Gasteiger partial charge in [-0.3, -0.25) is 4.68 Å². The molecule has 1 fully saturated rings. The minimum Gasteiger partial charge on any atom is -0.464 e. The SMILES string of the molecule is CCOC(=O)C(c1ncn2c1C[C@@H](F)C2)n1cc2c(Cl)cc(-c3cnc(N4CCOCC4)nc3)c(Cl)c2n1. The normalized spacial score (nSPS) is 18.1. The van der Waals surface area contributed by atoms with Crippen LogP contribution >= 0.6 is 23.2 Å². The van der Waals surface area contributed by atoms with Crippen molar-refractivity contribution >= 4 is 46.0 Å². The van der Waals surface area contributed by atoms with Crippen molar-refractivity contribution in [3.8, 4) is 11.1 Å². The molecular formula is C25H24Cl2FN7O3. The summed E-state index contributed by atoms with van der Waals surface area (Å²) in [4.78, 5) is 28.6. The molecule has 4 aromatic rings. The summed E-state index contributed by atoms with van der Waals surface area (Å²) >= 11 is 13.5. The van der Waals surface area contributed by atoms with Gasteiger partial charge in [0, 0.05) is 60.3 Å². The van der Waals surface area contributed by atoms with Crippen LogP contribution < -0.4 is 4.90 Å². The highest BCUT2D eigenvalue weighted by atomic mass is 35.5. The fraction of sp³-hybridized carbons (Fsp3) is 0.400. The summed E-state index contributed by atoms with van der Waals surface area (Å²) in [7, 11) is 0. The minimum atomic E-state index is -1.03. The Balaban J connectivity index is 1.39. The molecule has 2 aliphatic heterocycles. The zero-order chi connectivity index (χ0) is 26.4. The standard InChI is InChI=1S/C25H24Cl2FN7O3/c1-2-38-24(36)23(22-19-7-15(28)11-34(19)13-31-22)35-12-17-18(26)8-16(20(27)21(17)32-35)14-9-29-25(30-10-14)33-3-5-37-6-4-33/h8-10,12-13,15,23H,2-7,11H2,1H3/t15-,23?/m1/s1. The average molecular weight is 560 g/mol. The lowest BCUT2D eigenvalue weighted by Gasteiger charge is -2.26. The van der Waals surface area contributed by atoms with Gasteiger partial charge in [-0.15, -0.1) is 0 Å². The summed E-state index contributed by atoms with van der Waals surface area (Å²) in [6.07, 6.45) is 5.70. The first kappa shape index (κ1) is 25.0. The monoisotopic (exact) mass is 559 g/mol. The Morgan fingerprint density at radius 1 is 1.24 bits per heavy atom. The molecule has 3 aromatic heterocycles. The number of hydrogen-bond donors (Lipinski definition) is 0. The van der Waals surface area contributed by atoms with Crippen molar-refractivity contribution in [2.24, 2.45) is 0 Å². The van der Waals surface area contributed by atoms with E-state index in [1.54, 1.807) is 42.5 Å². The van der Waals surface area contributed by atoms with Gasteiger partial charge in [0.2, 0.25) is 5.95 Å². The van der Waals surface area contributed by atoms with Crippen LogP contribution in [0.5, 0.6) is 0 Å². The zero-order valence-electron chi connectivity index (χ0n) is 20.5. The molecule has 0 aliphatic carbocycles. The van der Waals surface area contributed by atoms with Crippen LogP contribution in [0.2, 0.25) is 10.0 Å². The molecule has 2 aliphatic rings. The maximum atomic E-state index is 14.1. The number of rotatable bonds is 6. The van der Waals surface area contributed by atoms with Gasteiger partial charge >= 0.3 is 5.97 Å². The van der Waals surface area contributed by atoms with Crippen LogP contribution in [0.4, 0.5) is 10.3 Å². The molecule has 198 valence electrons. The number of benzene rings is 1. The quantitative estimate of drug-likeness (QED) is 0.328.